The van der Waals surface area contributed by atoms with Crippen LogP contribution in [0.25, 0.3) is 0 Å². The van der Waals surface area contributed by atoms with Gasteiger partial charge in [-0.2, -0.15) is 0 Å². The number of ether oxygens (including phenoxy) is 1. The van der Waals surface area contributed by atoms with Gasteiger partial charge in [0.05, 0.1) is 19.6 Å². The van der Waals surface area contributed by atoms with Gasteiger partial charge in [-0.05, 0) is 27.2 Å². The first kappa shape index (κ1) is 32.6. The maximum Gasteiger partial charge on any atom is 0.326 e. The molecule has 17 heteroatoms. The SMILES string of the molecule is CC(C)(C)OC(=O)CN1CC(=O)N(CC(=O)O)CC(=O)NCC(=O)N(CCCN=C(N)N)CC(=O)NCC1=O. The molecule has 1 aliphatic rings. The number of aliphatic carboxylic acids is 1. The number of esters is 1. The molecule has 0 spiro atoms. The Kier molecular flexibility index (Phi) is 12.6. The Balaban J connectivity index is 3.20. The summed E-state index contributed by atoms with van der Waals surface area (Å²) in [4.78, 5) is 93.4. The molecule has 0 aromatic carbocycles. The molecular weight excluding hydrogens is 520 g/mol. The first-order valence-corrected chi connectivity index (χ1v) is 11.9. The fraction of sp³-hybridized carbons (Fsp3) is 0.636. The van der Waals surface area contributed by atoms with Crippen molar-refractivity contribution in [2.75, 3.05) is 58.9 Å². The van der Waals surface area contributed by atoms with Gasteiger partial charge >= 0.3 is 11.9 Å². The van der Waals surface area contributed by atoms with Crippen molar-refractivity contribution in [3.05, 3.63) is 0 Å². The normalized spacial score (nSPS) is 16.6. The molecule has 1 fully saturated rings. The van der Waals surface area contributed by atoms with Crippen molar-refractivity contribution in [3.8, 4) is 0 Å². The van der Waals surface area contributed by atoms with Crippen LogP contribution in [0.4, 0.5) is 0 Å². The van der Waals surface area contributed by atoms with Crippen LogP contribution >= 0.6 is 0 Å². The second-order valence-corrected chi connectivity index (χ2v) is 9.51. The molecule has 0 aromatic rings. The Morgan fingerprint density at radius 2 is 1.38 bits per heavy atom. The lowest BCUT2D eigenvalue weighted by molar-refractivity contribution is -0.160. The Hall–Kier alpha value is -4.44. The molecule has 17 nitrogen and oxygen atoms in total. The molecule has 0 aromatic heterocycles. The van der Waals surface area contributed by atoms with E-state index < -0.39 is 92.9 Å². The molecule has 39 heavy (non-hydrogen) atoms. The van der Waals surface area contributed by atoms with E-state index in [1.54, 1.807) is 20.8 Å². The highest BCUT2D eigenvalue weighted by Crippen LogP contribution is 2.08. The van der Waals surface area contributed by atoms with Crippen LogP contribution in [0.5, 0.6) is 0 Å². The van der Waals surface area contributed by atoms with E-state index in [2.05, 4.69) is 15.6 Å². The number of carbonyl (C=O) groups is 7. The average molecular weight is 557 g/mol. The van der Waals surface area contributed by atoms with Crippen molar-refractivity contribution >= 4 is 47.4 Å². The molecule has 7 N–H and O–H groups in total. The molecule has 0 unspecified atom stereocenters. The van der Waals surface area contributed by atoms with Gasteiger partial charge in [0.25, 0.3) is 0 Å². The Bertz CT molecular complexity index is 989. The zero-order valence-corrected chi connectivity index (χ0v) is 22.2. The maximum absolute atomic E-state index is 12.9. The van der Waals surface area contributed by atoms with Crippen molar-refractivity contribution in [2.45, 2.75) is 32.8 Å². The molecule has 0 saturated carbocycles. The van der Waals surface area contributed by atoms with Crippen LogP contribution in [0.2, 0.25) is 0 Å². The molecule has 0 radical (unpaired) electrons. The summed E-state index contributed by atoms with van der Waals surface area (Å²) in [6.07, 6.45) is 0.272. The van der Waals surface area contributed by atoms with Gasteiger partial charge in [-0.15, -0.1) is 0 Å². The van der Waals surface area contributed by atoms with E-state index in [1.165, 1.54) is 0 Å². The number of hydrogen-bond acceptors (Lipinski definition) is 9. The smallest absolute Gasteiger partial charge is 0.326 e. The van der Waals surface area contributed by atoms with Crippen LogP contribution in [-0.4, -0.2) is 132 Å². The van der Waals surface area contributed by atoms with E-state index in [-0.39, 0.29) is 25.5 Å². The number of hydrogen-bond donors (Lipinski definition) is 5. The number of carboxylic acid groups (broad SMARTS) is 1. The van der Waals surface area contributed by atoms with E-state index in [0.29, 0.717) is 4.90 Å². The lowest BCUT2D eigenvalue weighted by Crippen LogP contribution is -2.51. The van der Waals surface area contributed by atoms with Gasteiger partial charge in [0.2, 0.25) is 29.5 Å². The molecule has 5 amide bonds. The molecule has 0 atom stereocenters. The van der Waals surface area contributed by atoms with Crippen LogP contribution in [0.15, 0.2) is 4.99 Å². The van der Waals surface area contributed by atoms with Crippen molar-refractivity contribution < 1.29 is 43.4 Å². The molecule has 1 heterocycles. The van der Waals surface area contributed by atoms with Crippen molar-refractivity contribution in [3.63, 3.8) is 0 Å². The monoisotopic (exact) mass is 556 g/mol. The Morgan fingerprint density at radius 1 is 0.872 bits per heavy atom. The van der Waals surface area contributed by atoms with E-state index in [9.17, 15) is 38.7 Å². The van der Waals surface area contributed by atoms with Gasteiger partial charge in [0.1, 0.15) is 31.8 Å². The summed E-state index contributed by atoms with van der Waals surface area (Å²) in [5, 5.41) is 13.8. The van der Waals surface area contributed by atoms with E-state index in [1.807, 2.05) is 0 Å². The van der Waals surface area contributed by atoms with Crippen molar-refractivity contribution in [1.82, 2.24) is 25.3 Å². The van der Waals surface area contributed by atoms with Crippen molar-refractivity contribution in [1.29, 1.82) is 0 Å². The first-order chi connectivity index (χ1) is 18.1. The predicted octanol–water partition coefficient (Wildman–Crippen LogP) is -4.19. The van der Waals surface area contributed by atoms with E-state index in [4.69, 9.17) is 16.2 Å². The molecule has 1 saturated heterocycles. The summed E-state index contributed by atoms with van der Waals surface area (Å²) < 4.78 is 5.19. The fourth-order valence-corrected chi connectivity index (χ4v) is 3.21. The molecule has 0 bridgehead atoms. The minimum absolute atomic E-state index is 0.0290. The summed E-state index contributed by atoms with van der Waals surface area (Å²) in [6.45, 7) is 0.242. The third-order valence-corrected chi connectivity index (χ3v) is 4.87. The van der Waals surface area contributed by atoms with Gasteiger partial charge < -0.3 is 46.6 Å². The van der Waals surface area contributed by atoms with Gasteiger partial charge in [-0.1, -0.05) is 0 Å². The zero-order chi connectivity index (χ0) is 29.8. The molecule has 218 valence electrons. The van der Waals surface area contributed by atoms with E-state index >= 15 is 0 Å². The summed E-state index contributed by atoms with van der Waals surface area (Å²) in [5.41, 5.74) is 9.65. The number of nitrogens with two attached hydrogens (primary N) is 2. The standard InChI is InChI=1S/C22H36N8O9/c1-22(2,3)39-20(38)13-30-11-18(35)29(12-19(36)37)10-15(32)26-7-16(33)28(6-4-5-25-21(23)24)9-14(31)27-8-17(30)34/h4-13H2,1-3H3,(H,26,32)(H,27,31)(H,36,37)(H4,23,24,25). The largest absolute Gasteiger partial charge is 0.480 e. The summed E-state index contributed by atoms with van der Waals surface area (Å²) >= 11 is 0. The minimum atomic E-state index is -1.44. The van der Waals surface area contributed by atoms with Crippen LogP contribution in [0.3, 0.4) is 0 Å². The van der Waals surface area contributed by atoms with Gasteiger partial charge in [0, 0.05) is 13.1 Å². The molecule has 0 aliphatic carbocycles. The number of carboxylic acids is 1. The van der Waals surface area contributed by atoms with Crippen LogP contribution < -0.4 is 22.1 Å². The highest BCUT2D eigenvalue weighted by atomic mass is 16.6. The topological polar surface area (TPSA) is 247 Å². The number of nitrogens with one attached hydrogen (secondary N) is 2. The molecule has 1 aliphatic heterocycles. The average Bonchev–Trinajstić information content (AvgIpc) is 2.79. The van der Waals surface area contributed by atoms with E-state index in [0.717, 1.165) is 9.80 Å². The molecule has 1 rings (SSSR count). The summed E-state index contributed by atoms with van der Waals surface area (Å²) in [6, 6.07) is 0. The van der Waals surface area contributed by atoms with Crippen molar-refractivity contribution in [2.24, 2.45) is 16.5 Å². The van der Waals surface area contributed by atoms with Gasteiger partial charge in [-0.3, -0.25) is 38.6 Å². The summed E-state index contributed by atoms with van der Waals surface area (Å²) in [5.74, 6) is -6.51. The highest BCUT2D eigenvalue weighted by molar-refractivity contribution is 5.95. The third kappa shape index (κ3) is 13.6. The first-order valence-electron chi connectivity index (χ1n) is 11.9. The molecular formula is C22H36N8O9. The summed E-state index contributed by atoms with van der Waals surface area (Å²) in [7, 11) is 0. The Morgan fingerprint density at radius 3 is 1.90 bits per heavy atom. The lowest BCUT2D eigenvalue weighted by Gasteiger charge is -2.27. The van der Waals surface area contributed by atoms with Gasteiger partial charge in [-0.25, -0.2) is 0 Å². The zero-order valence-electron chi connectivity index (χ0n) is 22.2. The number of rotatable bonds is 8. The third-order valence-electron chi connectivity index (χ3n) is 4.87. The van der Waals surface area contributed by atoms with Crippen LogP contribution in [-0.2, 0) is 38.3 Å². The lowest BCUT2D eigenvalue weighted by atomic mass is 10.2. The van der Waals surface area contributed by atoms with Crippen LogP contribution in [0, 0.1) is 0 Å². The maximum atomic E-state index is 12.9. The second kappa shape index (κ2) is 15.1. The second-order valence-electron chi connectivity index (χ2n) is 9.51. The number of nitrogens with zero attached hydrogens (tertiary/aromatic N) is 4. The number of guanidine groups is 1. The quantitative estimate of drug-likeness (QED) is 0.0830. The Labute approximate surface area is 224 Å². The minimum Gasteiger partial charge on any atom is -0.480 e. The number of aliphatic imine (C=N–C) groups is 1. The van der Waals surface area contributed by atoms with Gasteiger partial charge in [0.15, 0.2) is 5.96 Å². The fourth-order valence-electron chi connectivity index (χ4n) is 3.21. The van der Waals surface area contributed by atoms with Crippen LogP contribution in [0.1, 0.15) is 27.2 Å². The number of amides is 5. The predicted molar refractivity (Wildman–Crippen MR) is 135 cm³/mol. The number of carbonyl (C=O) groups excluding carboxylic acids is 6. The highest BCUT2D eigenvalue weighted by Gasteiger charge is 2.29.